The number of ether oxygens (including phenoxy) is 1. The van der Waals surface area contributed by atoms with Crippen LogP contribution in [0.25, 0.3) is 0 Å². The largest absolute Gasteiger partial charge is 0.484 e. The van der Waals surface area contributed by atoms with E-state index in [1.165, 1.54) is 21.9 Å². The zero-order valence-corrected chi connectivity index (χ0v) is 11.5. The van der Waals surface area contributed by atoms with E-state index in [2.05, 4.69) is 19.1 Å². The van der Waals surface area contributed by atoms with Gasteiger partial charge in [0.15, 0.2) is 0 Å². The number of benzene rings is 1. The van der Waals surface area contributed by atoms with Crippen molar-refractivity contribution >= 4 is 11.3 Å². The van der Waals surface area contributed by atoms with Gasteiger partial charge in [0.2, 0.25) is 0 Å². The molecule has 1 aliphatic heterocycles. The Kier molecular flexibility index (Phi) is 3.29. The van der Waals surface area contributed by atoms with E-state index in [0.717, 1.165) is 12.0 Å². The molecule has 0 spiro atoms. The molecule has 1 aromatic carbocycles. The average Bonchev–Trinajstić information content (AvgIpc) is 2.88. The van der Waals surface area contributed by atoms with E-state index in [4.69, 9.17) is 10.5 Å². The molecule has 19 heavy (non-hydrogen) atoms. The van der Waals surface area contributed by atoms with E-state index >= 15 is 0 Å². The second-order valence-electron chi connectivity index (χ2n) is 4.79. The number of nitrogens with two attached hydrogens (primary N) is 1. The van der Waals surface area contributed by atoms with Gasteiger partial charge in [-0.15, -0.1) is 11.3 Å². The van der Waals surface area contributed by atoms with Crippen molar-refractivity contribution in [3.05, 3.63) is 51.5 Å². The SMILES string of the molecule is CCc1ccc(C2CC(N)c3cc(F)ccc3O2)s1. The van der Waals surface area contributed by atoms with Crippen LogP contribution in [0.4, 0.5) is 4.39 Å². The Hall–Kier alpha value is -1.39. The average molecular weight is 277 g/mol. The second kappa shape index (κ2) is 4.94. The first-order valence-electron chi connectivity index (χ1n) is 6.47. The fraction of sp³-hybridized carbons (Fsp3) is 0.333. The Labute approximate surface area is 116 Å². The van der Waals surface area contributed by atoms with Crippen molar-refractivity contribution in [2.75, 3.05) is 0 Å². The van der Waals surface area contributed by atoms with Gasteiger partial charge >= 0.3 is 0 Å². The van der Waals surface area contributed by atoms with Crippen molar-refractivity contribution in [1.82, 2.24) is 0 Å². The number of aryl methyl sites for hydroxylation is 1. The quantitative estimate of drug-likeness (QED) is 0.901. The first kappa shape index (κ1) is 12.6. The zero-order valence-electron chi connectivity index (χ0n) is 10.7. The number of thiophene rings is 1. The van der Waals surface area contributed by atoms with Crippen LogP contribution in [0.5, 0.6) is 5.75 Å². The van der Waals surface area contributed by atoms with Crippen LogP contribution in [0.15, 0.2) is 30.3 Å². The van der Waals surface area contributed by atoms with Gasteiger partial charge in [0, 0.05) is 27.8 Å². The van der Waals surface area contributed by atoms with Crippen LogP contribution in [-0.2, 0) is 6.42 Å². The third kappa shape index (κ3) is 2.38. The summed E-state index contributed by atoms with van der Waals surface area (Å²) < 4.78 is 19.2. The lowest BCUT2D eigenvalue weighted by Crippen LogP contribution is -2.23. The van der Waals surface area contributed by atoms with Crippen molar-refractivity contribution < 1.29 is 9.13 Å². The third-order valence-electron chi connectivity index (χ3n) is 3.46. The van der Waals surface area contributed by atoms with Gasteiger partial charge in [-0.3, -0.25) is 0 Å². The van der Waals surface area contributed by atoms with E-state index in [0.29, 0.717) is 12.2 Å². The predicted molar refractivity (Wildman–Crippen MR) is 75.0 cm³/mol. The Morgan fingerprint density at radius 1 is 1.37 bits per heavy atom. The summed E-state index contributed by atoms with van der Waals surface area (Å²) >= 11 is 1.76. The molecule has 1 aliphatic rings. The number of hydrogen-bond acceptors (Lipinski definition) is 3. The minimum atomic E-state index is -0.263. The number of halogens is 1. The molecule has 0 aliphatic carbocycles. The zero-order chi connectivity index (χ0) is 13.4. The van der Waals surface area contributed by atoms with Gasteiger partial charge in [-0.1, -0.05) is 6.92 Å². The Balaban J connectivity index is 1.90. The molecule has 2 atom stereocenters. The molecule has 0 bridgehead atoms. The second-order valence-corrected chi connectivity index (χ2v) is 5.99. The van der Waals surface area contributed by atoms with Crippen molar-refractivity contribution in [3.8, 4) is 5.75 Å². The molecule has 3 rings (SSSR count). The molecule has 0 amide bonds. The highest BCUT2D eigenvalue weighted by atomic mass is 32.1. The van der Waals surface area contributed by atoms with Crippen LogP contribution in [0, 0.1) is 5.82 Å². The van der Waals surface area contributed by atoms with E-state index < -0.39 is 0 Å². The summed E-state index contributed by atoms with van der Waals surface area (Å²) in [6.45, 7) is 2.14. The summed E-state index contributed by atoms with van der Waals surface area (Å²) in [6.07, 6.45) is 1.71. The summed E-state index contributed by atoms with van der Waals surface area (Å²) in [7, 11) is 0. The molecule has 100 valence electrons. The van der Waals surface area contributed by atoms with E-state index in [1.807, 2.05) is 0 Å². The maximum atomic E-state index is 13.2. The van der Waals surface area contributed by atoms with Crippen molar-refractivity contribution in [2.45, 2.75) is 31.9 Å². The van der Waals surface area contributed by atoms with Crippen molar-refractivity contribution in [2.24, 2.45) is 5.73 Å². The molecule has 0 radical (unpaired) electrons. The molecular weight excluding hydrogens is 261 g/mol. The lowest BCUT2D eigenvalue weighted by atomic mass is 9.96. The van der Waals surface area contributed by atoms with Gasteiger partial charge in [0.25, 0.3) is 0 Å². The molecule has 4 heteroatoms. The standard InChI is InChI=1S/C15H16FNOS/c1-2-10-4-6-15(19-10)14-8-12(17)11-7-9(16)3-5-13(11)18-14/h3-7,12,14H,2,8,17H2,1H3. The predicted octanol–water partition coefficient (Wildman–Crippen LogP) is 3.97. The normalized spacial score (nSPS) is 21.8. The van der Waals surface area contributed by atoms with Gasteiger partial charge in [-0.2, -0.15) is 0 Å². The highest BCUT2D eigenvalue weighted by Gasteiger charge is 2.28. The fourth-order valence-electron chi connectivity index (χ4n) is 2.41. The van der Waals surface area contributed by atoms with Crippen LogP contribution >= 0.6 is 11.3 Å². The first-order chi connectivity index (χ1) is 9.17. The van der Waals surface area contributed by atoms with Crippen LogP contribution in [-0.4, -0.2) is 0 Å². The molecule has 0 fully saturated rings. The van der Waals surface area contributed by atoms with Crippen LogP contribution < -0.4 is 10.5 Å². The Morgan fingerprint density at radius 3 is 2.95 bits per heavy atom. The Morgan fingerprint density at radius 2 is 2.21 bits per heavy atom. The first-order valence-corrected chi connectivity index (χ1v) is 7.29. The van der Waals surface area contributed by atoms with Gasteiger partial charge in [0.1, 0.15) is 17.7 Å². The van der Waals surface area contributed by atoms with E-state index in [1.54, 1.807) is 17.4 Å². The molecule has 2 N–H and O–H groups in total. The number of rotatable bonds is 2. The number of hydrogen-bond donors (Lipinski definition) is 1. The smallest absolute Gasteiger partial charge is 0.135 e. The summed E-state index contributed by atoms with van der Waals surface area (Å²) in [5.74, 6) is 0.442. The molecule has 2 unspecified atom stereocenters. The van der Waals surface area contributed by atoms with E-state index in [-0.39, 0.29) is 18.0 Å². The van der Waals surface area contributed by atoms with Crippen LogP contribution in [0.1, 0.15) is 40.8 Å². The third-order valence-corrected chi connectivity index (χ3v) is 4.78. The van der Waals surface area contributed by atoms with Gasteiger partial charge in [-0.05, 0) is 36.8 Å². The monoisotopic (exact) mass is 277 g/mol. The Bertz CT molecular complexity index is 596. The maximum absolute atomic E-state index is 13.2. The van der Waals surface area contributed by atoms with Crippen molar-refractivity contribution in [3.63, 3.8) is 0 Å². The van der Waals surface area contributed by atoms with Crippen LogP contribution in [0.2, 0.25) is 0 Å². The summed E-state index contributed by atoms with van der Waals surface area (Å²) in [4.78, 5) is 2.54. The molecule has 0 saturated heterocycles. The van der Waals surface area contributed by atoms with E-state index in [9.17, 15) is 4.39 Å². The molecule has 2 heterocycles. The van der Waals surface area contributed by atoms with Gasteiger partial charge in [-0.25, -0.2) is 4.39 Å². The molecule has 2 aromatic rings. The topological polar surface area (TPSA) is 35.2 Å². The molecule has 1 aromatic heterocycles. The fourth-order valence-corrected chi connectivity index (χ4v) is 3.40. The lowest BCUT2D eigenvalue weighted by Gasteiger charge is -2.29. The summed E-state index contributed by atoms with van der Waals surface area (Å²) in [5, 5.41) is 0. The number of fused-ring (bicyclic) bond motifs is 1. The maximum Gasteiger partial charge on any atom is 0.135 e. The minimum absolute atomic E-state index is 0.0155. The summed E-state index contributed by atoms with van der Waals surface area (Å²) in [6, 6.07) is 8.63. The van der Waals surface area contributed by atoms with Gasteiger partial charge < -0.3 is 10.5 Å². The molecule has 2 nitrogen and oxygen atoms in total. The van der Waals surface area contributed by atoms with Crippen molar-refractivity contribution in [1.29, 1.82) is 0 Å². The minimum Gasteiger partial charge on any atom is -0.484 e. The molecule has 0 saturated carbocycles. The lowest BCUT2D eigenvalue weighted by molar-refractivity contribution is 0.164. The van der Waals surface area contributed by atoms with Gasteiger partial charge in [0.05, 0.1) is 0 Å². The highest BCUT2D eigenvalue weighted by Crippen LogP contribution is 2.41. The molecular formula is C15H16FNOS. The highest BCUT2D eigenvalue weighted by molar-refractivity contribution is 7.12. The summed E-state index contributed by atoms with van der Waals surface area (Å²) in [5.41, 5.74) is 6.91. The van der Waals surface area contributed by atoms with Crippen LogP contribution in [0.3, 0.4) is 0 Å².